The summed E-state index contributed by atoms with van der Waals surface area (Å²) < 4.78 is 157. The van der Waals surface area contributed by atoms with Gasteiger partial charge in [0.05, 0.1) is 5.92 Å². The van der Waals surface area contributed by atoms with Gasteiger partial charge in [-0.15, -0.1) is 0 Å². The molecule has 0 saturated heterocycles. The van der Waals surface area contributed by atoms with Gasteiger partial charge in [0.2, 0.25) is 5.78 Å². The van der Waals surface area contributed by atoms with E-state index in [1.54, 1.807) is 0 Å². The Kier molecular flexibility index (Phi) is 7.72. The predicted molar refractivity (Wildman–Crippen MR) is 70.9 cm³/mol. The van der Waals surface area contributed by atoms with Crippen LogP contribution >= 0.6 is 0 Å². The third-order valence-electron chi connectivity index (χ3n) is 4.11. The van der Waals surface area contributed by atoms with Crippen molar-refractivity contribution in [2.75, 3.05) is 0 Å². The number of ketones is 1. The molecule has 2 unspecified atom stereocenters. The molecule has 0 aromatic rings. The lowest BCUT2D eigenvalue weighted by molar-refractivity contribution is -0.407. The van der Waals surface area contributed by atoms with Crippen LogP contribution in [0.2, 0.25) is 0 Å². The molecule has 29 heavy (non-hydrogen) atoms. The summed E-state index contributed by atoms with van der Waals surface area (Å²) in [7, 11) is 0. The molecule has 0 fully saturated rings. The highest BCUT2D eigenvalue weighted by atomic mass is 19.4. The molecule has 0 aliphatic heterocycles. The van der Waals surface area contributed by atoms with Gasteiger partial charge in [-0.1, -0.05) is 13.8 Å². The van der Waals surface area contributed by atoms with Crippen molar-refractivity contribution in [2.24, 2.45) is 11.8 Å². The van der Waals surface area contributed by atoms with Gasteiger partial charge in [0.15, 0.2) is 0 Å². The summed E-state index contributed by atoms with van der Waals surface area (Å²) in [6.45, 7) is 1.68. The maximum atomic E-state index is 13.8. The van der Waals surface area contributed by atoms with E-state index >= 15 is 0 Å². The molecule has 1 N–H and O–H groups in total. The summed E-state index contributed by atoms with van der Waals surface area (Å²) in [4.78, 5) is 22.3. The monoisotopic (exact) mass is 458 g/mol. The molecule has 0 aliphatic carbocycles. The van der Waals surface area contributed by atoms with Gasteiger partial charge in [-0.25, -0.2) is 8.78 Å². The van der Waals surface area contributed by atoms with Crippen LogP contribution in [0.15, 0.2) is 0 Å². The van der Waals surface area contributed by atoms with Crippen LogP contribution < -0.4 is 0 Å². The molecule has 0 spiro atoms. The molecule has 0 rings (SSSR count). The Hall–Kier alpha value is -1.70. The minimum Gasteiger partial charge on any atom is -0.481 e. The minimum absolute atomic E-state index is 0.820. The first kappa shape index (κ1) is 27.3. The first-order chi connectivity index (χ1) is 12.6. The quantitative estimate of drug-likeness (QED) is 0.437. The molecule has 0 aromatic heterocycles. The second-order valence-corrected chi connectivity index (χ2v) is 6.17. The first-order valence-corrected chi connectivity index (χ1v) is 7.58. The average molecular weight is 458 g/mol. The standard InChI is InChI=1S/C14H14F12O3/c1-3-6(4-5(2)8(28)29)7(27)10(17,18)12(21,22)14(25,26)13(23,24)11(19,20)9(15)16/h5-6,9H,3-4H2,1-2H3,(H,28,29). The van der Waals surface area contributed by atoms with E-state index < -0.39 is 72.5 Å². The second kappa shape index (κ2) is 8.20. The highest BCUT2D eigenvalue weighted by molar-refractivity contribution is 5.89. The van der Waals surface area contributed by atoms with E-state index in [0.29, 0.717) is 0 Å². The zero-order valence-corrected chi connectivity index (χ0v) is 14.4. The van der Waals surface area contributed by atoms with E-state index in [0.717, 1.165) is 13.8 Å². The molecular weight excluding hydrogens is 444 g/mol. The van der Waals surface area contributed by atoms with Crippen LogP contribution in [0.5, 0.6) is 0 Å². The molecule has 0 aliphatic rings. The van der Waals surface area contributed by atoms with Gasteiger partial charge in [0.25, 0.3) is 0 Å². The topological polar surface area (TPSA) is 54.4 Å². The van der Waals surface area contributed by atoms with Gasteiger partial charge in [0, 0.05) is 5.92 Å². The normalized spacial score (nSPS) is 16.7. The van der Waals surface area contributed by atoms with Crippen molar-refractivity contribution in [1.29, 1.82) is 0 Å². The number of carboxylic acid groups (broad SMARTS) is 1. The van der Waals surface area contributed by atoms with Gasteiger partial charge >= 0.3 is 42.0 Å². The lowest BCUT2D eigenvalue weighted by Crippen LogP contribution is -2.70. The number of hydrogen-bond acceptors (Lipinski definition) is 2. The van der Waals surface area contributed by atoms with Crippen LogP contribution in [0.1, 0.15) is 26.7 Å². The number of aliphatic carboxylic acids is 1. The van der Waals surface area contributed by atoms with Crippen LogP contribution in [-0.2, 0) is 9.59 Å². The molecule has 2 atom stereocenters. The Labute approximate surface area is 155 Å². The summed E-state index contributed by atoms with van der Waals surface area (Å²) in [6.07, 6.45) is -7.58. The van der Waals surface area contributed by atoms with Crippen molar-refractivity contribution in [3.63, 3.8) is 0 Å². The Balaban J connectivity index is 6.24. The van der Waals surface area contributed by atoms with Crippen molar-refractivity contribution in [3.05, 3.63) is 0 Å². The Morgan fingerprint density at radius 3 is 1.55 bits per heavy atom. The van der Waals surface area contributed by atoms with Crippen molar-refractivity contribution in [3.8, 4) is 0 Å². The fourth-order valence-electron chi connectivity index (χ4n) is 2.14. The lowest BCUT2D eigenvalue weighted by Gasteiger charge is -2.39. The number of carboxylic acids is 1. The van der Waals surface area contributed by atoms with Gasteiger partial charge in [-0.3, -0.25) is 9.59 Å². The summed E-state index contributed by atoms with van der Waals surface area (Å²) in [5.41, 5.74) is 0. The molecule has 0 saturated carbocycles. The van der Waals surface area contributed by atoms with Crippen LogP contribution in [-0.4, -0.2) is 52.9 Å². The SMILES string of the molecule is CCC(CC(C)C(=O)O)C(=O)C(F)(F)C(F)(F)C(F)(F)C(F)(F)C(F)(F)C(F)F. The average Bonchev–Trinajstić information content (AvgIpc) is 2.57. The fourth-order valence-corrected chi connectivity index (χ4v) is 2.14. The summed E-state index contributed by atoms with van der Waals surface area (Å²) in [5.74, 6) is -45.7. The highest BCUT2D eigenvalue weighted by Crippen LogP contribution is 2.58. The van der Waals surface area contributed by atoms with Crippen molar-refractivity contribution in [1.82, 2.24) is 0 Å². The molecule has 0 bridgehead atoms. The largest absolute Gasteiger partial charge is 0.481 e. The predicted octanol–water partition coefficient (Wildman–Crippen LogP) is 5.13. The van der Waals surface area contributed by atoms with E-state index in [4.69, 9.17) is 5.11 Å². The first-order valence-electron chi connectivity index (χ1n) is 7.58. The maximum Gasteiger partial charge on any atom is 0.385 e. The van der Waals surface area contributed by atoms with Crippen LogP contribution in [0.4, 0.5) is 52.7 Å². The molecule has 0 amide bonds. The minimum atomic E-state index is -7.80. The third-order valence-corrected chi connectivity index (χ3v) is 4.11. The van der Waals surface area contributed by atoms with Crippen molar-refractivity contribution < 1.29 is 67.4 Å². The van der Waals surface area contributed by atoms with E-state index in [1.165, 1.54) is 0 Å². The van der Waals surface area contributed by atoms with Gasteiger partial charge in [0.1, 0.15) is 0 Å². The van der Waals surface area contributed by atoms with Crippen molar-refractivity contribution >= 4 is 11.8 Å². The maximum absolute atomic E-state index is 13.8. The van der Waals surface area contributed by atoms with E-state index in [-0.39, 0.29) is 0 Å². The number of alkyl halides is 12. The third kappa shape index (κ3) is 4.27. The van der Waals surface area contributed by atoms with Crippen molar-refractivity contribution in [2.45, 2.75) is 62.7 Å². The number of halogens is 12. The van der Waals surface area contributed by atoms with Crippen LogP contribution in [0, 0.1) is 11.8 Å². The molecule has 15 heteroatoms. The Morgan fingerprint density at radius 2 is 1.24 bits per heavy atom. The molecule has 0 aromatic carbocycles. The molecular formula is C14H14F12O3. The number of carbonyl (C=O) groups is 2. The molecule has 172 valence electrons. The second-order valence-electron chi connectivity index (χ2n) is 6.17. The lowest BCUT2D eigenvalue weighted by atomic mass is 9.83. The molecule has 0 radical (unpaired) electrons. The number of rotatable bonds is 11. The van der Waals surface area contributed by atoms with Crippen LogP contribution in [0.25, 0.3) is 0 Å². The number of Topliss-reactive ketones (excluding diaryl/α,β-unsaturated/α-hetero) is 1. The van der Waals surface area contributed by atoms with E-state index in [1.807, 2.05) is 0 Å². The van der Waals surface area contributed by atoms with E-state index in [2.05, 4.69) is 0 Å². The van der Waals surface area contributed by atoms with E-state index in [9.17, 15) is 62.3 Å². The molecule has 3 nitrogen and oxygen atoms in total. The number of carbonyl (C=O) groups excluding carboxylic acids is 1. The summed E-state index contributed by atoms with van der Waals surface area (Å²) >= 11 is 0. The smallest absolute Gasteiger partial charge is 0.385 e. The number of hydrogen-bond donors (Lipinski definition) is 1. The summed E-state index contributed by atoms with van der Waals surface area (Å²) in [5, 5.41) is 8.63. The molecule has 0 heterocycles. The van der Waals surface area contributed by atoms with Gasteiger partial charge < -0.3 is 5.11 Å². The zero-order chi connectivity index (χ0) is 23.8. The zero-order valence-electron chi connectivity index (χ0n) is 14.4. The van der Waals surface area contributed by atoms with Gasteiger partial charge in [-0.05, 0) is 12.8 Å². The fraction of sp³-hybridized carbons (Fsp3) is 0.857. The Bertz CT molecular complexity index is 617. The van der Waals surface area contributed by atoms with Crippen LogP contribution in [0.3, 0.4) is 0 Å². The van der Waals surface area contributed by atoms with Gasteiger partial charge in [-0.2, -0.15) is 43.9 Å². The Morgan fingerprint density at radius 1 is 0.828 bits per heavy atom. The summed E-state index contributed by atoms with van der Waals surface area (Å²) in [6, 6.07) is 0. The highest BCUT2D eigenvalue weighted by Gasteiger charge is 2.88.